The van der Waals surface area contributed by atoms with Gasteiger partial charge in [-0.2, -0.15) is 0 Å². The van der Waals surface area contributed by atoms with Crippen molar-refractivity contribution in [1.82, 2.24) is 4.90 Å². The van der Waals surface area contributed by atoms with Gasteiger partial charge in [-0.25, -0.2) is 0 Å². The molecule has 1 fully saturated rings. The summed E-state index contributed by atoms with van der Waals surface area (Å²) in [5.74, 6) is 0.958. The van der Waals surface area contributed by atoms with Gasteiger partial charge in [0.1, 0.15) is 0 Å². The Morgan fingerprint density at radius 1 is 1.10 bits per heavy atom. The summed E-state index contributed by atoms with van der Waals surface area (Å²) in [7, 11) is 0. The highest BCUT2D eigenvalue weighted by Crippen LogP contribution is 2.39. The lowest BCUT2D eigenvalue weighted by atomic mass is 10.1. The van der Waals surface area contributed by atoms with E-state index in [0.29, 0.717) is 29.6 Å². The lowest BCUT2D eigenvalue weighted by molar-refractivity contribution is -0.123. The summed E-state index contributed by atoms with van der Waals surface area (Å²) >= 11 is 4.49. The fourth-order valence-electron chi connectivity index (χ4n) is 2.94. The third kappa shape index (κ3) is 5.26. The molecule has 0 radical (unpaired) electrons. The van der Waals surface area contributed by atoms with Gasteiger partial charge in [-0.1, -0.05) is 36.8 Å². The van der Waals surface area contributed by atoms with E-state index in [1.165, 1.54) is 4.90 Å². The first-order chi connectivity index (χ1) is 14.4. The molecule has 30 heavy (non-hydrogen) atoms. The number of halogens is 1. The van der Waals surface area contributed by atoms with E-state index in [-0.39, 0.29) is 17.7 Å². The first kappa shape index (κ1) is 22.4. The Kier molecular flexibility index (Phi) is 7.61. The number of hydrogen-bond acceptors (Lipinski definition) is 5. The van der Waals surface area contributed by atoms with E-state index in [9.17, 15) is 9.59 Å². The largest absolute Gasteiger partial charge is 0.490 e. The summed E-state index contributed by atoms with van der Waals surface area (Å²) in [6, 6.07) is 11.5. The molecule has 1 aliphatic rings. The van der Waals surface area contributed by atoms with Gasteiger partial charge in [-0.05, 0) is 77.3 Å². The molecule has 2 aromatic rings. The number of amides is 2. The Bertz CT molecular complexity index is 972. The zero-order valence-corrected chi connectivity index (χ0v) is 19.6. The van der Waals surface area contributed by atoms with Crippen LogP contribution in [0.1, 0.15) is 37.0 Å². The van der Waals surface area contributed by atoms with Gasteiger partial charge in [-0.15, -0.1) is 0 Å². The second-order valence-corrected chi connectivity index (χ2v) is 8.71. The van der Waals surface area contributed by atoms with Gasteiger partial charge in [0.2, 0.25) is 0 Å². The molecule has 0 bridgehead atoms. The normalized spacial score (nSPS) is 15.2. The summed E-state index contributed by atoms with van der Waals surface area (Å²) in [4.78, 5) is 27.0. The van der Waals surface area contributed by atoms with Crippen molar-refractivity contribution in [2.24, 2.45) is 0 Å². The summed E-state index contributed by atoms with van der Waals surface area (Å²) in [6.07, 6.45) is 2.60. The molecule has 0 aliphatic carbocycles. The van der Waals surface area contributed by atoms with Crippen LogP contribution in [0.15, 0.2) is 45.8 Å². The van der Waals surface area contributed by atoms with Crippen LogP contribution in [0.4, 0.5) is 4.79 Å². The van der Waals surface area contributed by atoms with Gasteiger partial charge in [0.15, 0.2) is 11.5 Å². The molecular formula is C23H24BrNO4S. The van der Waals surface area contributed by atoms with Crippen molar-refractivity contribution in [3.05, 3.63) is 62.5 Å². The highest BCUT2D eigenvalue weighted by molar-refractivity contribution is 9.10. The number of aryl methyl sites for hydroxylation is 1. The van der Waals surface area contributed by atoms with Crippen LogP contribution in [0.25, 0.3) is 6.08 Å². The van der Waals surface area contributed by atoms with E-state index < -0.39 is 0 Å². The van der Waals surface area contributed by atoms with Crippen LogP contribution >= 0.6 is 27.7 Å². The van der Waals surface area contributed by atoms with Gasteiger partial charge in [0, 0.05) is 0 Å². The van der Waals surface area contributed by atoms with Crippen LogP contribution in [0, 0.1) is 6.92 Å². The Labute approximate surface area is 189 Å². The molecular weight excluding hydrogens is 466 g/mol. The maximum absolute atomic E-state index is 12.8. The number of thioether (sulfide) groups is 1. The number of imide groups is 1. The van der Waals surface area contributed by atoms with Crippen LogP contribution in [0.3, 0.4) is 0 Å². The Hall–Kier alpha value is -2.25. The molecule has 1 aliphatic heterocycles. The average Bonchev–Trinajstić information content (AvgIpc) is 2.96. The lowest BCUT2D eigenvalue weighted by Gasteiger charge is -2.14. The van der Waals surface area contributed by atoms with Gasteiger partial charge in [-0.3, -0.25) is 14.5 Å². The van der Waals surface area contributed by atoms with E-state index in [1.807, 2.05) is 57.2 Å². The zero-order chi connectivity index (χ0) is 21.7. The molecule has 3 rings (SSSR count). The topological polar surface area (TPSA) is 55.8 Å². The highest BCUT2D eigenvalue weighted by atomic mass is 79.9. The van der Waals surface area contributed by atoms with Crippen molar-refractivity contribution in [2.75, 3.05) is 13.2 Å². The van der Waals surface area contributed by atoms with E-state index in [4.69, 9.17) is 9.47 Å². The molecule has 0 atom stereocenters. The minimum Gasteiger partial charge on any atom is -0.490 e. The number of rotatable bonds is 8. The number of benzene rings is 2. The van der Waals surface area contributed by atoms with Crippen LogP contribution in [0.5, 0.6) is 11.5 Å². The second-order valence-electron chi connectivity index (χ2n) is 6.86. The van der Waals surface area contributed by atoms with Crippen molar-refractivity contribution in [3.63, 3.8) is 0 Å². The number of carbonyl (C=O) groups excluding carboxylic acids is 2. The van der Waals surface area contributed by atoms with Gasteiger partial charge in [0.25, 0.3) is 11.1 Å². The molecule has 0 saturated carbocycles. The van der Waals surface area contributed by atoms with Crippen molar-refractivity contribution in [3.8, 4) is 11.5 Å². The van der Waals surface area contributed by atoms with Crippen molar-refractivity contribution in [1.29, 1.82) is 0 Å². The third-order valence-electron chi connectivity index (χ3n) is 4.41. The van der Waals surface area contributed by atoms with Crippen LogP contribution < -0.4 is 9.47 Å². The SMILES string of the molecule is CCCOc1c(Br)cc(/C=C2\SC(=O)N(Cc3ccc(C)cc3)C2=O)cc1OCC. The molecule has 1 saturated heterocycles. The highest BCUT2D eigenvalue weighted by Gasteiger charge is 2.35. The Morgan fingerprint density at radius 2 is 1.83 bits per heavy atom. The monoisotopic (exact) mass is 489 g/mol. The Morgan fingerprint density at radius 3 is 2.50 bits per heavy atom. The van der Waals surface area contributed by atoms with Gasteiger partial charge < -0.3 is 9.47 Å². The molecule has 158 valence electrons. The van der Waals surface area contributed by atoms with E-state index in [2.05, 4.69) is 15.9 Å². The molecule has 0 unspecified atom stereocenters. The summed E-state index contributed by atoms with van der Waals surface area (Å²) < 4.78 is 12.3. The van der Waals surface area contributed by atoms with Crippen molar-refractivity contribution < 1.29 is 19.1 Å². The predicted molar refractivity (Wildman–Crippen MR) is 124 cm³/mol. The third-order valence-corrected chi connectivity index (χ3v) is 5.91. The smallest absolute Gasteiger partial charge is 0.293 e. The predicted octanol–water partition coefficient (Wildman–Crippen LogP) is 6.18. The fraction of sp³-hybridized carbons (Fsp3) is 0.304. The van der Waals surface area contributed by atoms with Crippen molar-refractivity contribution in [2.45, 2.75) is 33.7 Å². The van der Waals surface area contributed by atoms with E-state index in [1.54, 1.807) is 6.08 Å². The van der Waals surface area contributed by atoms with E-state index >= 15 is 0 Å². The zero-order valence-electron chi connectivity index (χ0n) is 17.2. The van der Waals surface area contributed by atoms with Crippen LogP contribution in [-0.2, 0) is 11.3 Å². The molecule has 7 heteroatoms. The lowest BCUT2D eigenvalue weighted by Crippen LogP contribution is -2.27. The molecule has 1 heterocycles. The quantitative estimate of drug-likeness (QED) is 0.414. The maximum Gasteiger partial charge on any atom is 0.293 e. The molecule has 0 aromatic heterocycles. The van der Waals surface area contributed by atoms with Crippen molar-refractivity contribution >= 4 is 44.9 Å². The molecule has 2 amide bonds. The molecule has 0 spiro atoms. The first-order valence-electron chi connectivity index (χ1n) is 9.83. The Balaban J connectivity index is 1.84. The van der Waals surface area contributed by atoms with Crippen LogP contribution in [0.2, 0.25) is 0 Å². The number of carbonyl (C=O) groups is 2. The average molecular weight is 490 g/mol. The summed E-state index contributed by atoms with van der Waals surface area (Å²) in [5, 5.41) is -0.265. The number of ether oxygens (including phenoxy) is 2. The minimum atomic E-state index is -0.286. The number of nitrogens with zero attached hydrogens (tertiary/aromatic N) is 1. The molecule has 0 N–H and O–H groups in total. The summed E-state index contributed by atoms with van der Waals surface area (Å²) in [6.45, 7) is 7.27. The fourth-order valence-corrected chi connectivity index (χ4v) is 4.35. The van der Waals surface area contributed by atoms with Gasteiger partial charge in [0.05, 0.1) is 29.1 Å². The van der Waals surface area contributed by atoms with E-state index in [0.717, 1.165) is 39.3 Å². The minimum absolute atomic E-state index is 0.264. The first-order valence-corrected chi connectivity index (χ1v) is 11.4. The molecule has 2 aromatic carbocycles. The molecule has 5 nitrogen and oxygen atoms in total. The summed E-state index contributed by atoms with van der Waals surface area (Å²) in [5.41, 5.74) is 2.81. The number of hydrogen-bond donors (Lipinski definition) is 0. The second kappa shape index (κ2) is 10.2. The standard InChI is InChI=1S/C23H24BrNO4S/c1-4-10-29-21-18(24)11-17(12-19(21)28-5-2)13-20-22(26)25(23(27)30-20)14-16-8-6-15(3)7-9-16/h6-9,11-13H,4-5,10,14H2,1-3H3/b20-13-. The maximum atomic E-state index is 12.8. The van der Waals surface area contributed by atoms with Gasteiger partial charge >= 0.3 is 0 Å². The van der Waals surface area contributed by atoms with Crippen LogP contribution in [-0.4, -0.2) is 29.3 Å².